The topological polar surface area (TPSA) is 41.9 Å². The van der Waals surface area contributed by atoms with E-state index in [1.165, 1.54) is 12.8 Å². The van der Waals surface area contributed by atoms with Crippen molar-refractivity contribution in [2.75, 3.05) is 32.9 Å². The van der Waals surface area contributed by atoms with Crippen LogP contribution < -0.4 is 0 Å². The highest BCUT2D eigenvalue weighted by Gasteiger charge is 2.33. The van der Waals surface area contributed by atoms with Crippen molar-refractivity contribution < 1.29 is 14.6 Å². The molecule has 4 heteroatoms. The summed E-state index contributed by atoms with van der Waals surface area (Å²) in [4.78, 5) is 2.29. The summed E-state index contributed by atoms with van der Waals surface area (Å²) in [6.07, 6.45) is 3.55. The van der Waals surface area contributed by atoms with Crippen LogP contribution in [-0.4, -0.2) is 55.2 Å². The lowest BCUT2D eigenvalue weighted by molar-refractivity contribution is -0.110. The Labute approximate surface area is 84.8 Å². The molecule has 1 N–H and O–H groups in total. The van der Waals surface area contributed by atoms with Crippen LogP contribution in [0.2, 0.25) is 0 Å². The molecule has 2 aliphatic heterocycles. The van der Waals surface area contributed by atoms with Gasteiger partial charge in [0, 0.05) is 6.54 Å². The summed E-state index contributed by atoms with van der Waals surface area (Å²) in [5.74, 6) is 0. The molecule has 0 aromatic carbocycles. The molecule has 2 aliphatic rings. The van der Waals surface area contributed by atoms with Crippen LogP contribution in [0.3, 0.4) is 0 Å². The first kappa shape index (κ1) is 10.4. The van der Waals surface area contributed by atoms with Crippen LogP contribution in [-0.2, 0) is 9.47 Å². The summed E-state index contributed by atoms with van der Waals surface area (Å²) in [6, 6.07) is 0.360. The van der Waals surface area contributed by atoms with E-state index in [0.29, 0.717) is 19.3 Å². The zero-order chi connectivity index (χ0) is 9.80. The van der Waals surface area contributed by atoms with Gasteiger partial charge in [0.1, 0.15) is 0 Å². The maximum atomic E-state index is 8.96. The minimum absolute atomic E-state index is 0.0538. The fraction of sp³-hybridized carbons (Fsp3) is 1.00. The van der Waals surface area contributed by atoms with Crippen molar-refractivity contribution in [3.63, 3.8) is 0 Å². The van der Waals surface area contributed by atoms with Crippen LogP contribution in [0.25, 0.3) is 0 Å². The summed E-state index contributed by atoms with van der Waals surface area (Å²) in [5, 5.41) is 8.96. The Hall–Kier alpha value is -0.160. The lowest BCUT2D eigenvalue weighted by atomic mass is 10.0. The first-order valence-corrected chi connectivity index (χ1v) is 5.50. The van der Waals surface area contributed by atoms with Gasteiger partial charge in [0.15, 0.2) is 6.29 Å². The number of aliphatic hydroxyl groups is 1. The molecule has 0 unspecified atom stereocenters. The van der Waals surface area contributed by atoms with Gasteiger partial charge in [0.2, 0.25) is 0 Å². The molecule has 0 amide bonds. The highest BCUT2D eigenvalue weighted by molar-refractivity contribution is 4.81. The van der Waals surface area contributed by atoms with E-state index in [2.05, 4.69) is 4.90 Å². The average Bonchev–Trinajstić information content (AvgIpc) is 2.72. The summed E-state index contributed by atoms with van der Waals surface area (Å²) >= 11 is 0. The molecule has 0 aliphatic carbocycles. The van der Waals surface area contributed by atoms with Crippen molar-refractivity contribution in [1.29, 1.82) is 0 Å². The fourth-order valence-electron chi connectivity index (χ4n) is 2.33. The van der Waals surface area contributed by atoms with Crippen LogP contribution in [0.1, 0.15) is 19.3 Å². The second kappa shape index (κ2) is 5.07. The molecule has 0 saturated carbocycles. The van der Waals surface area contributed by atoms with Crippen molar-refractivity contribution >= 4 is 0 Å². The van der Waals surface area contributed by atoms with Gasteiger partial charge in [-0.25, -0.2) is 0 Å². The Morgan fingerprint density at radius 1 is 1.21 bits per heavy atom. The number of nitrogens with zero attached hydrogens (tertiary/aromatic N) is 1. The first-order chi connectivity index (χ1) is 6.92. The first-order valence-electron chi connectivity index (χ1n) is 5.50. The van der Waals surface area contributed by atoms with E-state index in [1.807, 2.05) is 0 Å². The minimum Gasteiger partial charge on any atom is -0.395 e. The van der Waals surface area contributed by atoms with E-state index in [1.54, 1.807) is 0 Å². The number of hydrogen-bond acceptors (Lipinski definition) is 4. The van der Waals surface area contributed by atoms with E-state index in [-0.39, 0.29) is 12.9 Å². The normalized spacial score (nSPS) is 31.1. The number of piperidine rings is 1. The van der Waals surface area contributed by atoms with E-state index in [0.717, 1.165) is 19.5 Å². The maximum absolute atomic E-state index is 8.96. The van der Waals surface area contributed by atoms with Gasteiger partial charge < -0.3 is 14.6 Å². The van der Waals surface area contributed by atoms with Crippen molar-refractivity contribution in [2.45, 2.75) is 31.6 Å². The van der Waals surface area contributed by atoms with E-state index in [4.69, 9.17) is 14.6 Å². The van der Waals surface area contributed by atoms with Gasteiger partial charge in [-0.3, -0.25) is 4.90 Å². The number of likely N-dealkylation sites (tertiary alicyclic amines) is 1. The number of aliphatic hydroxyl groups excluding tert-OH is 1. The number of rotatable bonds is 3. The lowest BCUT2D eigenvalue weighted by Gasteiger charge is -2.37. The third-order valence-electron chi connectivity index (χ3n) is 3.01. The molecule has 0 bridgehead atoms. The highest BCUT2D eigenvalue weighted by atomic mass is 16.7. The van der Waals surface area contributed by atoms with Gasteiger partial charge in [-0.15, -0.1) is 0 Å². The Bertz CT molecular complexity index is 169. The average molecular weight is 201 g/mol. The van der Waals surface area contributed by atoms with Crippen molar-refractivity contribution in [3.05, 3.63) is 0 Å². The molecule has 0 aromatic heterocycles. The minimum atomic E-state index is -0.0538. The van der Waals surface area contributed by atoms with Crippen LogP contribution in [0.15, 0.2) is 0 Å². The summed E-state index contributed by atoms with van der Waals surface area (Å²) in [6.45, 7) is 3.47. The summed E-state index contributed by atoms with van der Waals surface area (Å²) in [7, 11) is 0. The second-order valence-electron chi connectivity index (χ2n) is 3.93. The van der Waals surface area contributed by atoms with Crippen molar-refractivity contribution in [3.8, 4) is 0 Å². The molecular weight excluding hydrogens is 182 g/mol. The van der Waals surface area contributed by atoms with Gasteiger partial charge >= 0.3 is 0 Å². The third kappa shape index (κ3) is 2.25. The van der Waals surface area contributed by atoms with Gasteiger partial charge in [0.05, 0.1) is 25.9 Å². The number of hydrogen-bond donors (Lipinski definition) is 1. The molecule has 2 saturated heterocycles. The van der Waals surface area contributed by atoms with Crippen LogP contribution >= 0.6 is 0 Å². The molecule has 1 atom stereocenters. The van der Waals surface area contributed by atoms with Crippen LogP contribution in [0, 0.1) is 0 Å². The number of β-amino-alcohol motifs (C(OH)–C–C–N with tert-alkyl or cyclic N) is 1. The van der Waals surface area contributed by atoms with E-state index < -0.39 is 0 Å². The molecule has 2 fully saturated rings. The predicted octanol–water partition coefficient (Wildman–Crippen LogP) is 0.206. The smallest absolute Gasteiger partial charge is 0.173 e. The maximum Gasteiger partial charge on any atom is 0.173 e. The zero-order valence-corrected chi connectivity index (χ0v) is 8.52. The molecule has 0 spiro atoms. The zero-order valence-electron chi connectivity index (χ0n) is 8.52. The fourth-order valence-corrected chi connectivity index (χ4v) is 2.33. The lowest BCUT2D eigenvalue weighted by Crippen LogP contribution is -2.48. The second-order valence-corrected chi connectivity index (χ2v) is 3.93. The largest absolute Gasteiger partial charge is 0.395 e. The van der Waals surface area contributed by atoms with Crippen molar-refractivity contribution in [2.24, 2.45) is 0 Å². The Morgan fingerprint density at radius 3 is 2.71 bits per heavy atom. The molecule has 2 heterocycles. The van der Waals surface area contributed by atoms with Crippen LogP contribution in [0.5, 0.6) is 0 Å². The molecule has 4 nitrogen and oxygen atoms in total. The SMILES string of the molecule is OCCN1CCCC[C@@H]1C1OCCO1. The molecule has 14 heavy (non-hydrogen) atoms. The van der Waals surface area contributed by atoms with E-state index in [9.17, 15) is 0 Å². The van der Waals surface area contributed by atoms with Gasteiger partial charge in [-0.1, -0.05) is 6.42 Å². The quantitative estimate of drug-likeness (QED) is 0.708. The molecule has 2 rings (SSSR count). The number of ether oxygens (including phenoxy) is 2. The molecule has 0 radical (unpaired) electrons. The van der Waals surface area contributed by atoms with Gasteiger partial charge in [0.25, 0.3) is 0 Å². The highest BCUT2D eigenvalue weighted by Crippen LogP contribution is 2.23. The molecule has 82 valence electrons. The Morgan fingerprint density at radius 2 is 2.00 bits per heavy atom. The predicted molar refractivity (Wildman–Crippen MR) is 52.0 cm³/mol. The van der Waals surface area contributed by atoms with Crippen molar-refractivity contribution in [1.82, 2.24) is 4.90 Å². The van der Waals surface area contributed by atoms with Crippen LogP contribution in [0.4, 0.5) is 0 Å². The standard InChI is InChI=1S/C10H19NO3/c12-6-5-11-4-2-1-3-9(11)10-13-7-8-14-10/h9-10,12H,1-8H2/t9-/m1/s1. The van der Waals surface area contributed by atoms with Gasteiger partial charge in [-0.2, -0.15) is 0 Å². The summed E-state index contributed by atoms with van der Waals surface area (Å²) in [5.41, 5.74) is 0. The molecular formula is C10H19NO3. The summed E-state index contributed by atoms with van der Waals surface area (Å²) < 4.78 is 11.0. The third-order valence-corrected chi connectivity index (χ3v) is 3.01. The molecule has 0 aromatic rings. The monoisotopic (exact) mass is 201 g/mol. The van der Waals surface area contributed by atoms with E-state index >= 15 is 0 Å². The van der Waals surface area contributed by atoms with Gasteiger partial charge in [-0.05, 0) is 19.4 Å². The Balaban J connectivity index is 1.91. The Kier molecular flexibility index (Phi) is 3.75.